The van der Waals surface area contributed by atoms with Crippen molar-refractivity contribution in [2.75, 3.05) is 6.54 Å². The fraction of sp³-hybridized carbons (Fsp3) is 0.526. The minimum Gasteiger partial charge on any atom is -0.480 e. The number of carboxylic acids is 1. The zero-order valence-corrected chi connectivity index (χ0v) is 16.2. The van der Waals surface area contributed by atoms with Crippen molar-refractivity contribution in [3.8, 4) is 0 Å². The molecule has 0 radical (unpaired) electrons. The number of hydroxylamine groups is 2. The Balaban J connectivity index is 2.18. The van der Waals surface area contributed by atoms with E-state index in [9.17, 15) is 24.6 Å². The first-order valence-electron chi connectivity index (χ1n) is 9.00. The summed E-state index contributed by atoms with van der Waals surface area (Å²) in [5.74, 6) is -1.21. The largest absolute Gasteiger partial charge is 0.480 e. The first-order valence-corrected chi connectivity index (χ1v) is 9.00. The number of amides is 2. The van der Waals surface area contributed by atoms with Crippen molar-refractivity contribution in [1.82, 2.24) is 9.96 Å². The van der Waals surface area contributed by atoms with E-state index in [1.165, 1.54) is 0 Å². The predicted molar refractivity (Wildman–Crippen MR) is 98.5 cm³/mol. The van der Waals surface area contributed by atoms with Gasteiger partial charge in [0.1, 0.15) is 18.2 Å². The number of carbonyl (C=O) groups is 3. The Labute approximate surface area is 163 Å². The van der Waals surface area contributed by atoms with Crippen LogP contribution in [0.25, 0.3) is 0 Å². The third-order valence-corrected chi connectivity index (χ3v) is 4.21. The number of likely N-dealkylation sites (tertiary alicyclic amines) is 1. The molecule has 0 bridgehead atoms. The van der Waals surface area contributed by atoms with E-state index >= 15 is 0 Å². The van der Waals surface area contributed by atoms with Gasteiger partial charge in [-0.1, -0.05) is 30.3 Å². The molecule has 2 N–H and O–H groups in total. The second-order valence-electron chi connectivity index (χ2n) is 7.59. The van der Waals surface area contributed by atoms with Crippen LogP contribution >= 0.6 is 0 Å². The second kappa shape index (κ2) is 8.92. The number of piperidine rings is 1. The summed E-state index contributed by atoms with van der Waals surface area (Å²) >= 11 is 0. The Morgan fingerprint density at radius 2 is 1.79 bits per heavy atom. The lowest BCUT2D eigenvalue weighted by molar-refractivity contribution is -0.189. The van der Waals surface area contributed by atoms with Crippen molar-refractivity contribution < 1.29 is 34.2 Å². The molecule has 28 heavy (non-hydrogen) atoms. The first-order chi connectivity index (χ1) is 13.1. The van der Waals surface area contributed by atoms with E-state index in [4.69, 9.17) is 9.57 Å². The molecule has 0 saturated carbocycles. The van der Waals surface area contributed by atoms with Gasteiger partial charge in [0.05, 0.1) is 6.04 Å². The van der Waals surface area contributed by atoms with Crippen LogP contribution in [0.1, 0.15) is 39.2 Å². The lowest BCUT2D eigenvalue weighted by Gasteiger charge is -2.40. The molecule has 1 aromatic rings. The highest BCUT2D eigenvalue weighted by Crippen LogP contribution is 2.24. The summed E-state index contributed by atoms with van der Waals surface area (Å²) in [6, 6.07) is 7.37. The molecule has 2 amide bonds. The molecular formula is C19H26N2O7. The first kappa shape index (κ1) is 21.5. The number of ether oxygens (including phenoxy) is 1. The number of benzene rings is 1. The van der Waals surface area contributed by atoms with Crippen LogP contribution in [0.2, 0.25) is 0 Å². The maximum atomic E-state index is 12.7. The molecule has 1 aliphatic rings. The Morgan fingerprint density at radius 3 is 2.32 bits per heavy atom. The summed E-state index contributed by atoms with van der Waals surface area (Å²) in [6.07, 6.45) is -1.76. The van der Waals surface area contributed by atoms with E-state index in [2.05, 4.69) is 0 Å². The molecule has 2 rings (SSSR count). The molecule has 0 unspecified atom stereocenters. The van der Waals surface area contributed by atoms with E-state index in [-0.39, 0.29) is 26.0 Å². The summed E-state index contributed by atoms with van der Waals surface area (Å²) < 4.78 is 5.39. The highest BCUT2D eigenvalue weighted by Gasteiger charge is 2.41. The van der Waals surface area contributed by atoms with Gasteiger partial charge in [0.2, 0.25) is 0 Å². The zero-order chi connectivity index (χ0) is 20.9. The van der Waals surface area contributed by atoms with Crippen LogP contribution in [0.15, 0.2) is 30.3 Å². The van der Waals surface area contributed by atoms with Gasteiger partial charge >= 0.3 is 18.2 Å². The van der Waals surface area contributed by atoms with Gasteiger partial charge in [0.25, 0.3) is 0 Å². The van der Waals surface area contributed by atoms with Gasteiger partial charge in [-0.2, -0.15) is 5.06 Å². The summed E-state index contributed by atoms with van der Waals surface area (Å²) in [4.78, 5) is 42.0. The van der Waals surface area contributed by atoms with Crippen LogP contribution < -0.4 is 0 Å². The number of hydrogen-bond donors (Lipinski definition) is 2. The van der Waals surface area contributed by atoms with Crippen LogP contribution in [0.3, 0.4) is 0 Å². The van der Waals surface area contributed by atoms with E-state index < -0.39 is 35.8 Å². The second-order valence-corrected chi connectivity index (χ2v) is 7.59. The summed E-state index contributed by atoms with van der Waals surface area (Å²) in [5.41, 5.74) is 0.0568. The summed E-state index contributed by atoms with van der Waals surface area (Å²) in [7, 11) is 0. The molecule has 1 heterocycles. The third kappa shape index (κ3) is 5.85. The van der Waals surface area contributed by atoms with Crippen LogP contribution in [-0.4, -0.2) is 62.6 Å². The van der Waals surface area contributed by atoms with Crippen LogP contribution in [0.4, 0.5) is 9.59 Å². The van der Waals surface area contributed by atoms with E-state index in [1.54, 1.807) is 20.8 Å². The standard InChI is InChI=1S/C19H26N2O7/c1-19(2,3)28-18(26)21(27-12-13-7-5-4-6-8-13)14-9-10-15(16(22)23)20(11-14)17(24)25/h4-8,14-15H,9-12H2,1-3H3,(H,22,23)(H,24,25)/t14-,15+/m1/s1. The van der Waals surface area contributed by atoms with Crippen LogP contribution in [-0.2, 0) is 21.0 Å². The fourth-order valence-electron chi connectivity index (χ4n) is 2.94. The molecule has 0 aliphatic carbocycles. The predicted octanol–water partition coefficient (Wildman–Crippen LogP) is 2.95. The van der Waals surface area contributed by atoms with Crippen molar-refractivity contribution in [2.45, 2.75) is 57.9 Å². The summed E-state index contributed by atoms with van der Waals surface area (Å²) in [6.45, 7) is 5.05. The zero-order valence-electron chi connectivity index (χ0n) is 16.2. The van der Waals surface area contributed by atoms with Crippen LogP contribution in [0.5, 0.6) is 0 Å². The highest BCUT2D eigenvalue weighted by atomic mass is 16.7. The van der Waals surface area contributed by atoms with Crippen molar-refractivity contribution in [1.29, 1.82) is 0 Å². The van der Waals surface area contributed by atoms with Crippen LogP contribution in [0, 0.1) is 0 Å². The molecule has 1 aromatic carbocycles. The molecule has 2 atom stereocenters. The average Bonchev–Trinajstić information content (AvgIpc) is 2.61. The maximum Gasteiger partial charge on any atom is 0.434 e. The molecular weight excluding hydrogens is 368 g/mol. The van der Waals surface area contributed by atoms with Gasteiger partial charge in [-0.3, -0.25) is 9.74 Å². The minimum absolute atomic E-state index is 0.0697. The smallest absolute Gasteiger partial charge is 0.434 e. The van der Waals surface area contributed by atoms with E-state index in [0.717, 1.165) is 15.5 Å². The number of carboxylic acid groups (broad SMARTS) is 2. The highest BCUT2D eigenvalue weighted by molar-refractivity contribution is 5.79. The Bertz CT molecular complexity index is 702. The number of hydrogen-bond acceptors (Lipinski definition) is 5. The van der Waals surface area contributed by atoms with E-state index in [0.29, 0.717) is 0 Å². The monoisotopic (exact) mass is 394 g/mol. The number of rotatable bonds is 5. The van der Waals surface area contributed by atoms with Crippen molar-refractivity contribution in [3.63, 3.8) is 0 Å². The Morgan fingerprint density at radius 1 is 1.14 bits per heavy atom. The topological polar surface area (TPSA) is 117 Å². The molecule has 1 saturated heterocycles. The van der Waals surface area contributed by atoms with Gasteiger partial charge in [0.15, 0.2) is 0 Å². The molecule has 9 heteroatoms. The van der Waals surface area contributed by atoms with Gasteiger partial charge < -0.3 is 14.9 Å². The Kier molecular flexibility index (Phi) is 6.85. The summed E-state index contributed by atoms with van der Waals surface area (Å²) in [5, 5.41) is 19.7. The number of carbonyl (C=O) groups excluding carboxylic acids is 1. The molecule has 9 nitrogen and oxygen atoms in total. The molecule has 1 aliphatic heterocycles. The van der Waals surface area contributed by atoms with Gasteiger partial charge in [-0.15, -0.1) is 0 Å². The SMILES string of the molecule is CC(C)(C)OC(=O)N(OCc1ccccc1)[C@@H]1CC[C@@H](C(=O)O)N(C(=O)O)C1. The van der Waals surface area contributed by atoms with Crippen molar-refractivity contribution in [3.05, 3.63) is 35.9 Å². The number of nitrogens with zero attached hydrogens (tertiary/aromatic N) is 2. The van der Waals surface area contributed by atoms with Crippen molar-refractivity contribution >= 4 is 18.2 Å². The number of aliphatic carboxylic acids is 1. The maximum absolute atomic E-state index is 12.7. The fourth-order valence-corrected chi connectivity index (χ4v) is 2.94. The third-order valence-electron chi connectivity index (χ3n) is 4.21. The molecule has 0 spiro atoms. The molecule has 154 valence electrons. The van der Waals surface area contributed by atoms with Gasteiger partial charge in [-0.25, -0.2) is 14.4 Å². The molecule has 1 fully saturated rings. The lowest BCUT2D eigenvalue weighted by atomic mass is 9.98. The molecule has 0 aromatic heterocycles. The average molecular weight is 394 g/mol. The van der Waals surface area contributed by atoms with Gasteiger partial charge in [0, 0.05) is 6.54 Å². The van der Waals surface area contributed by atoms with Gasteiger partial charge in [-0.05, 0) is 39.2 Å². The quantitative estimate of drug-likeness (QED) is 0.738. The van der Waals surface area contributed by atoms with Crippen molar-refractivity contribution in [2.24, 2.45) is 0 Å². The van der Waals surface area contributed by atoms with E-state index in [1.807, 2.05) is 30.3 Å². The Hall–Kier alpha value is -2.81. The normalized spacial score (nSPS) is 19.8. The minimum atomic E-state index is -1.36. The lowest BCUT2D eigenvalue weighted by Crippen LogP contribution is -2.57.